The Kier molecular flexibility index (Phi) is 2.44. The maximum Gasteiger partial charge on any atom is 0.270 e. The molecule has 0 aliphatic heterocycles. The lowest BCUT2D eigenvalue weighted by molar-refractivity contribution is 0.0901. The number of hydrogen-bond donors (Lipinski definition) is 2. The molecular formula is C11H14N2O2. The van der Waals surface area contributed by atoms with E-state index in [-0.39, 0.29) is 18.1 Å². The number of aromatic nitrogens is 1. The number of aliphatic hydroxyl groups is 1. The summed E-state index contributed by atoms with van der Waals surface area (Å²) in [5.74, 6) is -0.203. The standard InChI is InChI=1S/C11H14N2O2/c1-8-3-2-4-9(12-8)10(15)13-11(7-14)5-6-11/h2-4,14H,5-7H2,1H3,(H,13,15). The fraction of sp³-hybridized carbons (Fsp3) is 0.455. The van der Waals surface area contributed by atoms with Crippen molar-refractivity contribution in [3.8, 4) is 0 Å². The summed E-state index contributed by atoms with van der Waals surface area (Å²) in [6, 6.07) is 5.32. The largest absolute Gasteiger partial charge is 0.394 e. The maximum atomic E-state index is 11.7. The quantitative estimate of drug-likeness (QED) is 0.763. The van der Waals surface area contributed by atoms with Crippen molar-refractivity contribution in [2.75, 3.05) is 6.61 Å². The summed E-state index contributed by atoms with van der Waals surface area (Å²) < 4.78 is 0. The number of hydrogen-bond acceptors (Lipinski definition) is 3. The molecule has 2 rings (SSSR count). The Bertz CT molecular complexity index is 386. The van der Waals surface area contributed by atoms with E-state index in [0.717, 1.165) is 18.5 Å². The first-order valence-electron chi connectivity index (χ1n) is 5.02. The minimum atomic E-state index is -0.373. The molecule has 1 aromatic heterocycles. The van der Waals surface area contributed by atoms with E-state index >= 15 is 0 Å². The molecule has 4 heteroatoms. The third-order valence-electron chi connectivity index (χ3n) is 2.66. The van der Waals surface area contributed by atoms with E-state index in [0.29, 0.717) is 5.69 Å². The Labute approximate surface area is 88.3 Å². The van der Waals surface area contributed by atoms with Crippen LogP contribution in [0.25, 0.3) is 0 Å². The average molecular weight is 206 g/mol. The van der Waals surface area contributed by atoms with Crippen molar-refractivity contribution in [2.45, 2.75) is 25.3 Å². The minimum Gasteiger partial charge on any atom is -0.394 e. The van der Waals surface area contributed by atoms with Crippen LogP contribution < -0.4 is 5.32 Å². The summed E-state index contributed by atoms with van der Waals surface area (Å²) in [5, 5.41) is 11.9. The average Bonchev–Trinajstić information content (AvgIpc) is 2.98. The molecule has 4 nitrogen and oxygen atoms in total. The zero-order chi connectivity index (χ0) is 10.9. The van der Waals surface area contributed by atoms with Crippen LogP contribution in [-0.2, 0) is 0 Å². The molecule has 1 aliphatic carbocycles. The second kappa shape index (κ2) is 3.62. The molecule has 1 aliphatic rings. The van der Waals surface area contributed by atoms with Crippen molar-refractivity contribution in [2.24, 2.45) is 0 Å². The highest BCUT2D eigenvalue weighted by Crippen LogP contribution is 2.34. The summed E-state index contributed by atoms with van der Waals surface area (Å²) in [4.78, 5) is 15.9. The lowest BCUT2D eigenvalue weighted by Crippen LogP contribution is -2.39. The predicted molar refractivity (Wildman–Crippen MR) is 55.5 cm³/mol. The summed E-state index contributed by atoms with van der Waals surface area (Å²) >= 11 is 0. The SMILES string of the molecule is Cc1cccc(C(=O)NC2(CO)CC2)n1. The van der Waals surface area contributed by atoms with E-state index in [4.69, 9.17) is 5.11 Å². The van der Waals surface area contributed by atoms with Gasteiger partial charge in [-0.2, -0.15) is 0 Å². The van der Waals surface area contributed by atoms with Gasteiger partial charge in [0.15, 0.2) is 0 Å². The Morgan fingerprint density at radius 3 is 2.87 bits per heavy atom. The van der Waals surface area contributed by atoms with E-state index in [9.17, 15) is 4.79 Å². The van der Waals surface area contributed by atoms with Crippen LogP contribution in [0.1, 0.15) is 29.0 Å². The second-order valence-corrected chi connectivity index (χ2v) is 4.06. The molecule has 15 heavy (non-hydrogen) atoms. The molecule has 1 aromatic rings. The van der Waals surface area contributed by atoms with Gasteiger partial charge in [0.25, 0.3) is 5.91 Å². The number of rotatable bonds is 3. The molecule has 1 amide bonds. The molecule has 80 valence electrons. The Morgan fingerprint density at radius 1 is 1.60 bits per heavy atom. The number of carbonyl (C=O) groups excluding carboxylic acids is 1. The molecule has 0 unspecified atom stereocenters. The summed E-state index contributed by atoms with van der Waals surface area (Å²) in [6.45, 7) is 1.85. The summed E-state index contributed by atoms with van der Waals surface area (Å²) in [6.07, 6.45) is 1.70. The van der Waals surface area contributed by atoms with Crippen LogP contribution in [0, 0.1) is 6.92 Å². The number of aryl methyl sites for hydroxylation is 1. The second-order valence-electron chi connectivity index (χ2n) is 4.06. The third kappa shape index (κ3) is 2.15. The lowest BCUT2D eigenvalue weighted by Gasteiger charge is -2.13. The van der Waals surface area contributed by atoms with E-state index in [2.05, 4.69) is 10.3 Å². The van der Waals surface area contributed by atoms with Crippen LogP contribution >= 0.6 is 0 Å². The highest BCUT2D eigenvalue weighted by atomic mass is 16.3. The first kappa shape index (κ1) is 10.1. The highest BCUT2D eigenvalue weighted by molar-refractivity contribution is 5.93. The zero-order valence-corrected chi connectivity index (χ0v) is 8.66. The zero-order valence-electron chi connectivity index (χ0n) is 8.66. The molecular weight excluding hydrogens is 192 g/mol. The normalized spacial score (nSPS) is 17.2. The number of aliphatic hydroxyl groups excluding tert-OH is 1. The number of carbonyl (C=O) groups is 1. The number of pyridine rings is 1. The molecule has 0 saturated heterocycles. The van der Waals surface area contributed by atoms with Gasteiger partial charge >= 0.3 is 0 Å². The summed E-state index contributed by atoms with van der Waals surface area (Å²) in [7, 11) is 0. The fourth-order valence-electron chi connectivity index (χ4n) is 1.45. The van der Waals surface area contributed by atoms with Crippen molar-refractivity contribution in [3.05, 3.63) is 29.6 Å². The number of amides is 1. The third-order valence-corrected chi connectivity index (χ3v) is 2.66. The Hall–Kier alpha value is -1.42. The molecule has 0 spiro atoms. The van der Waals surface area contributed by atoms with Crippen LogP contribution in [0.15, 0.2) is 18.2 Å². The van der Waals surface area contributed by atoms with Crippen LogP contribution in [0.2, 0.25) is 0 Å². The topological polar surface area (TPSA) is 62.2 Å². The van der Waals surface area contributed by atoms with Crippen LogP contribution in [-0.4, -0.2) is 28.1 Å². The number of nitrogens with one attached hydrogen (secondary N) is 1. The van der Waals surface area contributed by atoms with Gasteiger partial charge in [0.05, 0.1) is 12.1 Å². The Balaban J connectivity index is 2.08. The maximum absolute atomic E-state index is 11.7. The van der Waals surface area contributed by atoms with Gasteiger partial charge < -0.3 is 10.4 Å². The van der Waals surface area contributed by atoms with Gasteiger partial charge in [-0.25, -0.2) is 4.98 Å². The molecule has 0 aromatic carbocycles. The number of nitrogens with zero attached hydrogens (tertiary/aromatic N) is 1. The molecule has 0 radical (unpaired) electrons. The van der Waals surface area contributed by atoms with Gasteiger partial charge in [-0.05, 0) is 31.9 Å². The van der Waals surface area contributed by atoms with Gasteiger partial charge in [0, 0.05) is 5.69 Å². The first-order chi connectivity index (χ1) is 7.15. The van der Waals surface area contributed by atoms with Crippen LogP contribution in [0.5, 0.6) is 0 Å². The van der Waals surface area contributed by atoms with Gasteiger partial charge in [0.1, 0.15) is 5.69 Å². The molecule has 2 N–H and O–H groups in total. The Morgan fingerprint density at radius 2 is 2.33 bits per heavy atom. The van der Waals surface area contributed by atoms with Gasteiger partial charge in [-0.1, -0.05) is 6.07 Å². The molecule has 1 fully saturated rings. The molecule has 1 saturated carbocycles. The molecule has 1 heterocycles. The van der Waals surface area contributed by atoms with Gasteiger partial charge in [-0.3, -0.25) is 4.79 Å². The van der Waals surface area contributed by atoms with Crippen molar-refractivity contribution in [1.29, 1.82) is 0 Å². The van der Waals surface area contributed by atoms with Crippen molar-refractivity contribution >= 4 is 5.91 Å². The van der Waals surface area contributed by atoms with Crippen molar-refractivity contribution < 1.29 is 9.90 Å². The fourth-order valence-corrected chi connectivity index (χ4v) is 1.45. The molecule has 0 bridgehead atoms. The van der Waals surface area contributed by atoms with Crippen LogP contribution in [0.3, 0.4) is 0 Å². The van der Waals surface area contributed by atoms with Crippen molar-refractivity contribution in [1.82, 2.24) is 10.3 Å². The highest BCUT2D eigenvalue weighted by Gasteiger charge is 2.43. The monoisotopic (exact) mass is 206 g/mol. The minimum absolute atomic E-state index is 0.00452. The molecule has 0 atom stereocenters. The predicted octanol–water partition coefficient (Wildman–Crippen LogP) is 0.645. The van der Waals surface area contributed by atoms with E-state index in [1.54, 1.807) is 12.1 Å². The first-order valence-corrected chi connectivity index (χ1v) is 5.02. The van der Waals surface area contributed by atoms with E-state index in [1.807, 2.05) is 13.0 Å². The van der Waals surface area contributed by atoms with Crippen molar-refractivity contribution in [3.63, 3.8) is 0 Å². The van der Waals surface area contributed by atoms with E-state index < -0.39 is 0 Å². The van der Waals surface area contributed by atoms with Gasteiger partial charge in [-0.15, -0.1) is 0 Å². The smallest absolute Gasteiger partial charge is 0.270 e. The summed E-state index contributed by atoms with van der Waals surface area (Å²) in [5.41, 5.74) is 0.855. The van der Waals surface area contributed by atoms with Crippen LogP contribution in [0.4, 0.5) is 0 Å². The lowest BCUT2D eigenvalue weighted by atomic mass is 10.2. The van der Waals surface area contributed by atoms with Gasteiger partial charge in [0.2, 0.25) is 0 Å². The van der Waals surface area contributed by atoms with E-state index in [1.165, 1.54) is 0 Å².